The van der Waals surface area contributed by atoms with Crippen molar-refractivity contribution >= 4 is 5.78 Å². The molecule has 0 amide bonds. The summed E-state index contributed by atoms with van der Waals surface area (Å²) in [6.45, 7) is 4.36. The lowest BCUT2D eigenvalue weighted by Crippen LogP contribution is -2.60. The molecule has 4 rings (SSSR count). The number of aliphatic hydroxyl groups excluding tert-OH is 3. The maximum absolute atomic E-state index is 12.4. The number of carbonyl (C=O) groups is 1. The van der Waals surface area contributed by atoms with Gasteiger partial charge in [-0.3, -0.25) is 4.79 Å². The maximum Gasteiger partial charge on any atom is 0.139 e. The number of fused-ring (bicyclic) bond motifs is 5. The number of Topliss-reactive ketones (excluding diaryl/α,β-unsaturated/α-hetero) is 1. The predicted molar refractivity (Wildman–Crippen MR) is 85.5 cm³/mol. The minimum atomic E-state index is -0.707. The van der Waals surface area contributed by atoms with Crippen LogP contribution >= 0.6 is 0 Å². The van der Waals surface area contributed by atoms with Crippen LogP contribution in [0.4, 0.5) is 0 Å². The van der Waals surface area contributed by atoms with E-state index in [2.05, 4.69) is 13.8 Å². The number of hydrogen-bond acceptors (Lipinski definition) is 4. The van der Waals surface area contributed by atoms with Crippen molar-refractivity contribution in [1.29, 1.82) is 0 Å². The molecule has 4 saturated carbocycles. The summed E-state index contributed by atoms with van der Waals surface area (Å²) in [7, 11) is 0. The molecule has 4 heteroatoms. The van der Waals surface area contributed by atoms with E-state index in [0.29, 0.717) is 42.8 Å². The van der Waals surface area contributed by atoms with Gasteiger partial charge in [0.05, 0.1) is 18.3 Å². The Labute approximate surface area is 138 Å². The van der Waals surface area contributed by atoms with E-state index in [1.165, 1.54) is 0 Å². The van der Waals surface area contributed by atoms with Crippen molar-refractivity contribution in [3.63, 3.8) is 0 Å². The number of aliphatic hydroxyl groups is 3. The molecule has 0 bridgehead atoms. The van der Waals surface area contributed by atoms with E-state index in [1.54, 1.807) is 0 Å². The normalized spacial score (nSPS) is 59.2. The number of carbonyl (C=O) groups excluding carboxylic acids is 1. The second-order valence-corrected chi connectivity index (χ2v) is 9.28. The molecule has 4 nitrogen and oxygen atoms in total. The molecule has 0 aromatic rings. The topological polar surface area (TPSA) is 77.8 Å². The van der Waals surface area contributed by atoms with Gasteiger partial charge in [0.25, 0.3) is 0 Å². The van der Waals surface area contributed by atoms with Crippen molar-refractivity contribution in [2.24, 2.45) is 34.5 Å². The minimum absolute atomic E-state index is 0.0728. The summed E-state index contributed by atoms with van der Waals surface area (Å²) in [5, 5.41) is 31.1. The van der Waals surface area contributed by atoms with Crippen LogP contribution in [0, 0.1) is 34.5 Å². The number of ketones is 1. The third-order valence-electron chi connectivity index (χ3n) is 8.41. The molecule has 0 spiro atoms. The van der Waals surface area contributed by atoms with Crippen LogP contribution in [0.3, 0.4) is 0 Å². The Hall–Kier alpha value is -0.450. The fourth-order valence-corrected chi connectivity index (χ4v) is 7.10. The summed E-state index contributed by atoms with van der Waals surface area (Å²) < 4.78 is 0. The largest absolute Gasteiger partial charge is 0.393 e. The van der Waals surface area contributed by atoms with E-state index in [0.717, 1.165) is 25.7 Å². The average Bonchev–Trinajstić information content (AvgIpc) is 2.78. The molecule has 23 heavy (non-hydrogen) atoms. The summed E-state index contributed by atoms with van der Waals surface area (Å²) >= 11 is 0. The molecule has 9 atom stereocenters. The molecule has 0 heterocycles. The maximum atomic E-state index is 12.4. The van der Waals surface area contributed by atoms with Crippen LogP contribution in [0.15, 0.2) is 0 Å². The Balaban J connectivity index is 1.69. The van der Waals surface area contributed by atoms with Gasteiger partial charge >= 0.3 is 0 Å². The van der Waals surface area contributed by atoms with Gasteiger partial charge in [0.1, 0.15) is 5.78 Å². The van der Waals surface area contributed by atoms with Crippen LogP contribution < -0.4 is 0 Å². The monoisotopic (exact) mass is 322 g/mol. The van der Waals surface area contributed by atoms with Gasteiger partial charge in [-0.25, -0.2) is 0 Å². The molecule has 3 N–H and O–H groups in total. The molecular weight excluding hydrogens is 292 g/mol. The quantitative estimate of drug-likeness (QED) is 0.636. The first-order valence-electron chi connectivity index (χ1n) is 9.35. The van der Waals surface area contributed by atoms with Crippen molar-refractivity contribution in [3.8, 4) is 0 Å². The Morgan fingerprint density at radius 3 is 2.39 bits per heavy atom. The Morgan fingerprint density at radius 2 is 1.65 bits per heavy atom. The molecular formula is C19H30O4. The van der Waals surface area contributed by atoms with E-state index in [-0.39, 0.29) is 16.7 Å². The average molecular weight is 322 g/mol. The summed E-state index contributed by atoms with van der Waals surface area (Å²) in [5.74, 6) is 1.73. The van der Waals surface area contributed by atoms with Crippen molar-refractivity contribution in [3.05, 3.63) is 0 Å². The van der Waals surface area contributed by atoms with E-state index in [9.17, 15) is 20.1 Å². The standard InChI is InChI=1S/C19H30O4/c1-18-6-5-12-10(11(18)3-4-17(18)23)7-14(20)13-8-15(21)16(22)9-19(12,13)2/h10-16,20-22H,3-9H2,1-2H3/t10-,11-,12-,13+,14-,15-,16+,18-,19+/m0/s1. The Kier molecular flexibility index (Phi) is 3.51. The van der Waals surface area contributed by atoms with Crippen LogP contribution in [0.2, 0.25) is 0 Å². The van der Waals surface area contributed by atoms with Gasteiger partial charge in [0.2, 0.25) is 0 Å². The minimum Gasteiger partial charge on any atom is -0.393 e. The molecule has 4 aliphatic rings. The first-order chi connectivity index (χ1) is 10.8. The molecule has 0 unspecified atom stereocenters. The van der Waals surface area contributed by atoms with E-state index in [4.69, 9.17) is 0 Å². The highest BCUT2D eigenvalue weighted by Crippen LogP contribution is 2.65. The van der Waals surface area contributed by atoms with Gasteiger partial charge in [0, 0.05) is 11.8 Å². The van der Waals surface area contributed by atoms with E-state index >= 15 is 0 Å². The molecule has 0 aromatic carbocycles. The predicted octanol–water partition coefficient (Wildman–Crippen LogP) is 1.90. The second kappa shape index (κ2) is 5.03. The number of hydrogen-bond donors (Lipinski definition) is 3. The molecule has 0 radical (unpaired) electrons. The summed E-state index contributed by atoms with van der Waals surface area (Å²) in [5.41, 5.74) is -0.301. The van der Waals surface area contributed by atoms with Crippen molar-refractivity contribution < 1.29 is 20.1 Å². The van der Waals surface area contributed by atoms with Crippen molar-refractivity contribution in [2.45, 2.75) is 77.1 Å². The molecule has 0 saturated heterocycles. The number of rotatable bonds is 0. The molecule has 4 aliphatic carbocycles. The highest BCUT2D eigenvalue weighted by atomic mass is 16.3. The van der Waals surface area contributed by atoms with Gasteiger partial charge in [-0.2, -0.15) is 0 Å². The smallest absolute Gasteiger partial charge is 0.139 e. The van der Waals surface area contributed by atoms with Crippen molar-refractivity contribution in [1.82, 2.24) is 0 Å². The SMILES string of the molecule is C[C@]12C[C@@H](O)[C@@H](O)C[C@@H]1[C@@H](O)C[C@@H]1[C@@H]2CC[C@]2(C)C(=O)CC[C@@H]12. The Morgan fingerprint density at radius 1 is 0.913 bits per heavy atom. The highest BCUT2D eigenvalue weighted by molar-refractivity contribution is 5.87. The molecule has 130 valence electrons. The zero-order chi connectivity index (χ0) is 16.6. The van der Waals surface area contributed by atoms with Gasteiger partial charge in [-0.15, -0.1) is 0 Å². The molecule has 0 aliphatic heterocycles. The van der Waals surface area contributed by atoms with Gasteiger partial charge in [-0.05, 0) is 67.6 Å². The highest BCUT2D eigenvalue weighted by Gasteiger charge is 2.62. The zero-order valence-corrected chi connectivity index (χ0v) is 14.2. The van der Waals surface area contributed by atoms with Crippen LogP contribution in [0.1, 0.15) is 58.8 Å². The van der Waals surface area contributed by atoms with Gasteiger partial charge in [-0.1, -0.05) is 13.8 Å². The molecule has 4 fully saturated rings. The van der Waals surface area contributed by atoms with Gasteiger partial charge < -0.3 is 15.3 Å². The third kappa shape index (κ3) is 2.04. The van der Waals surface area contributed by atoms with E-state index in [1.807, 2.05) is 0 Å². The van der Waals surface area contributed by atoms with Crippen LogP contribution in [0.5, 0.6) is 0 Å². The summed E-state index contributed by atoms with van der Waals surface area (Å²) in [6.07, 6.45) is 3.68. The lowest BCUT2D eigenvalue weighted by Gasteiger charge is -2.61. The lowest BCUT2D eigenvalue weighted by atomic mass is 9.44. The fourth-order valence-electron chi connectivity index (χ4n) is 7.10. The van der Waals surface area contributed by atoms with Crippen molar-refractivity contribution in [2.75, 3.05) is 0 Å². The van der Waals surface area contributed by atoms with Crippen LogP contribution in [0.25, 0.3) is 0 Å². The third-order valence-corrected chi connectivity index (χ3v) is 8.41. The second-order valence-electron chi connectivity index (χ2n) is 9.28. The first-order valence-corrected chi connectivity index (χ1v) is 9.35. The van der Waals surface area contributed by atoms with Crippen LogP contribution in [-0.4, -0.2) is 39.4 Å². The summed E-state index contributed by atoms with van der Waals surface area (Å²) in [6, 6.07) is 0. The van der Waals surface area contributed by atoms with Gasteiger partial charge in [0.15, 0.2) is 0 Å². The Bertz CT molecular complexity index is 519. The fraction of sp³-hybridized carbons (Fsp3) is 0.947. The van der Waals surface area contributed by atoms with Crippen LogP contribution in [-0.2, 0) is 4.79 Å². The first kappa shape index (κ1) is 16.0. The summed E-state index contributed by atoms with van der Waals surface area (Å²) in [4.78, 5) is 12.4. The lowest BCUT2D eigenvalue weighted by molar-refractivity contribution is -0.192. The zero-order valence-electron chi connectivity index (χ0n) is 14.2. The van der Waals surface area contributed by atoms with E-state index < -0.39 is 18.3 Å². The molecule has 0 aromatic heterocycles.